The number of hydrogen-bond acceptors (Lipinski definition) is 10. The molecule has 0 bridgehead atoms. The fourth-order valence-electron chi connectivity index (χ4n) is 5.10. The smallest absolute Gasteiger partial charge is 0.341 e. The minimum Gasteiger partial charge on any atom is -0.497 e. The van der Waals surface area contributed by atoms with E-state index < -0.39 is 29.6 Å². The second-order valence-electron chi connectivity index (χ2n) is 11.4. The second-order valence-corrected chi connectivity index (χ2v) is 13.4. The van der Waals surface area contributed by atoms with Crippen LogP contribution in [0.1, 0.15) is 41.5 Å². The van der Waals surface area contributed by atoms with Crippen LogP contribution in [0.3, 0.4) is 0 Å². The number of ether oxygens (including phenoxy) is 3. The summed E-state index contributed by atoms with van der Waals surface area (Å²) in [6, 6.07) is 29.2. The Labute approximate surface area is 319 Å². The van der Waals surface area contributed by atoms with E-state index in [0.29, 0.717) is 44.5 Å². The third-order valence-electron chi connectivity index (χ3n) is 7.75. The number of amides is 4. The van der Waals surface area contributed by atoms with Gasteiger partial charge in [-0.1, -0.05) is 42.5 Å². The molecule has 0 radical (unpaired) electrons. The topological polar surface area (TPSA) is 161 Å². The van der Waals surface area contributed by atoms with Gasteiger partial charge in [-0.15, -0.1) is 23.1 Å². The highest BCUT2D eigenvalue weighted by Gasteiger charge is 2.26. The molecular formula is C40H36N4O8S2. The molecule has 0 saturated carbocycles. The standard InChI is InChI=1S/C40H36N4O8S2/c1-24-34(40(49)52-4)39(54-35(24)38(48)41-27-14-9-6-10-15-27)44-33(45)23-53-30-17-11-16-28(22-30)42-37(47)31(43-36(46)25-12-7-5-8-13-25)21-26-20-29(50-2)18-19-32(26)51-3/h5-22H,23H2,1-4H3,(H,41,48)(H,42,47)(H,43,46)(H,44,45)/b31-21+. The Bertz CT molecular complexity index is 2200. The molecule has 4 N–H and O–H groups in total. The minimum absolute atomic E-state index is 0.0580. The number of rotatable bonds is 14. The molecule has 276 valence electrons. The van der Waals surface area contributed by atoms with Crippen LogP contribution in [0.15, 0.2) is 114 Å². The number of para-hydroxylation sites is 1. The minimum atomic E-state index is -0.688. The molecule has 0 aliphatic carbocycles. The molecule has 0 aliphatic rings. The van der Waals surface area contributed by atoms with Crippen molar-refractivity contribution in [1.29, 1.82) is 0 Å². The SMILES string of the molecule is COC(=O)c1c(NC(=O)CSc2cccc(NC(=O)/C(=C\c3cc(OC)ccc3OC)NC(=O)c3ccccc3)c2)sc(C(=O)Nc2ccccc2)c1C. The predicted octanol–water partition coefficient (Wildman–Crippen LogP) is 7.25. The molecule has 54 heavy (non-hydrogen) atoms. The van der Waals surface area contributed by atoms with Gasteiger partial charge in [0, 0.05) is 27.4 Å². The van der Waals surface area contributed by atoms with Crippen LogP contribution in [0.4, 0.5) is 16.4 Å². The normalized spacial score (nSPS) is 10.9. The third-order valence-corrected chi connectivity index (χ3v) is 9.95. The average molecular weight is 765 g/mol. The zero-order chi connectivity index (χ0) is 38.6. The predicted molar refractivity (Wildman–Crippen MR) is 211 cm³/mol. The lowest BCUT2D eigenvalue weighted by Gasteiger charge is -2.13. The van der Waals surface area contributed by atoms with Crippen LogP contribution in [0.25, 0.3) is 6.08 Å². The van der Waals surface area contributed by atoms with Crippen molar-refractivity contribution in [2.45, 2.75) is 11.8 Å². The number of thioether (sulfide) groups is 1. The van der Waals surface area contributed by atoms with Crippen LogP contribution in [-0.4, -0.2) is 56.7 Å². The van der Waals surface area contributed by atoms with Crippen molar-refractivity contribution in [2.75, 3.05) is 43.0 Å². The molecule has 0 fully saturated rings. The van der Waals surface area contributed by atoms with Gasteiger partial charge in [-0.3, -0.25) is 19.2 Å². The molecule has 5 rings (SSSR count). The number of esters is 1. The fraction of sp³-hybridized carbons (Fsp3) is 0.125. The Kier molecular flexibility index (Phi) is 13.2. The van der Waals surface area contributed by atoms with Crippen molar-refractivity contribution in [2.24, 2.45) is 0 Å². The summed E-state index contributed by atoms with van der Waals surface area (Å²) in [5, 5.41) is 11.3. The summed E-state index contributed by atoms with van der Waals surface area (Å²) in [5.41, 5.74) is 2.25. The van der Waals surface area contributed by atoms with Crippen LogP contribution in [-0.2, 0) is 14.3 Å². The molecule has 0 unspecified atom stereocenters. The monoisotopic (exact) mass is 764 g/mol. The Morgan fingerprint density at radius 2 is 1.44 bits per heavy atom. The van der Waals surface area contributed by atoms with Gasteiger partial charge in [0.05, 0.1) is 37.5 Å². The molecule has 4 amide bonds. The van der Waals surface area contributed by atoms with Crippen LogP contribution in [0.2, 0.25) is 0 Å². The van der Waals surface area contributed by atoms with E-state index in [1.807, 2.05) is 6.07 Å². The van der Waals surface area contributed by atoms with E-state index in [4.69, 9.17) is 14.2 Å². The molecule has 1 aromatic heterocycles. The summed E-state index contributed by atoms with van der Waals surface area (Å²) >= 11 is 2.16. The lowest BCUT2D eigenvalue weighted by molar-refractivity contribution is -0.114. The molecule has 0 saturated heterocycles. The highest BCUT2D eigenvalue weighted by molar-refractivity contribution is 8.00. The number of benzene rings is 4. The van der Waals surface area contributed by atoms with Gasteiger partial charge in [0.15, 0.2) is 0 Å². The molecule has 0 atom stereocenters. The maximum absolute atomic E-state index is 13.7. The molecule has 4 aromatic carbocycles. The van der Waals surface area contributed by atoms with E-state index in [-0.39, 0.29) is 26.9 Å². The van der Waals surface area contributed by atoms with Crippen LogP contribution < -0.4 is 30.7 Å². The molecular weight excluding hydrogens is 729 g/mol. The fourth-order valence-corrected chi connectivity index (χ4v) is 6.96. The van der Waals surface area contributed by atoms with Crippen molar-refractivity contribution in [3.8, 4) is 11.5 Å². The van der Waals surface area contributed by atoms with E-state index in [0.717, 1.165) is 11.3 Å². The summed E-state index contributed by atoms with van der Waals surface area (Å²) in [7, 11) is 4.23. The number of thiophene rings is 1. The molecule has 14 heteroatoms. The first-order chi connectivity index (χ1) is 26.1. The number of carbonyl (C=O) groups is 5. The number of carbonyl (C=O) groups excluding carboxylic acids is 5. The summed E-state index contributed by atoms with van der Waals surface area (Å²) in [6.45, 7) is 1.62. The largest absolute Gasteiger partial charge is 0.497 e. The lowest BCUT2D eigenvalue weighted by Crippen LogP contribution is -2.30. The van der Waals surface area contributed by atoms with Crippen molar-refractivity contribution in [3.05, 3.63) is 136 Å². The summed E-state index contributed by atoms with van der Waals surface area (Å²) < 4.78 is 15.8. The zero-order valence-corrected chi connectivity index (χ0v) is 31.3. The van der Waals surface area contributed by atoms with Gasteiger partial charge in [-0.2, -0.15) is 0 Å². The number of hydrogen-bond donors (Lipinski definition) is 4. The van der Waals surface area contributed by atoms with Crippen LogP contribution in [0, 0.1) is 6.92 Å². The first-order valence-corrected chi connectivity index (χ1v) is 18.1. The number of methoxy groups -OCH3 is 3. The molecule has 12 nitrogen and oxygen atoms in total. The van der Waals surface area contributed by atoms with E-state index >= 15 is 0 Å². The average Bonchev–Trinajstić information content (AvgIpc) is 3.52. The van der Waals surface area contributed by atoms with Gasteiger partial charge in [-0.25, -0.2) is 4.79 Å². The van der Waals surface area contributed by atoms with Crippen molar-refractivity contribution >= 4 is 75.1 Å². The van der Waals surface area contributed by atoms with Gasteiger partial charge in [-0.05, 0) is 79.2 Å². The van der Waals surface area contributed by atoms with E-state index in [2.05, 4.69) is 21.3 Å². The van der Waals surface area contributed by atoms with Crippen molar-refractivity contribution < 1.29 is 38.2 Å². The quantitative estimate of drug-likeness (QED) is 0.0519. The molecule has 1 heterocycles. The first kappa shape index (κ1) is 38.8. The van der Waals surface area contributed by atoms with Crippen molar-refractivity contribution in [3.63, 3.8) is 0 Å². The Morgan fingerprint density at radius 3 is 2.13 bits per heavy atom. The van der Waals surface area contributed by atoms with Crippen LogP contribution in [0.5, 0.6) is 11.5 Å². The molecule has 5 aromatic rings. The molecule has 0 aliphatic heterocycles. The zero-order valence-electron chi connectivity index (χ0n) is 29.7. The van der Waals surface area contributed by atoms with Gasteiger partial charge in [0.1, 0.15) is 22.2 Å². The maximum Gasteiger partial charge on any atom is 0.341 e. The van der Waals surface area contributed by atoms with Gasteiger partial charge < -0.3 is 35.5 Å². The number of anilines is 3. The van der Waals surface area contributed by atoms with E-state index in [9.17, 15) is 24.0 Å². The van der Waals surface area contributed by atoms with Gasteiger partial charge >= 0.3 is 5.97 Å². The van der Waals surface area contributed by atoms with Crippen molar-refractivity contribution in [1.82, 2.24) is 5.32 Å². The van der Waals surface area contributed by atoms with Crippen LogP contribution >= 0.6 is 23.1 Å². The molecule has 0 spiro atoms. The second kappa shape index (κ2) is 18.4. The van der Waals surface area contributed by atoms with E-state index in [1.54, 1.807) is 104 Å². The lowest BCUT2D eigenvalue weighted by atomic mass is 10.1. The van der Waals surface area contributed by atoms with E-state index in [1.165, 1.54) is 39.2 Å². The third kappa shape index (κ3) is 9.93. The first-order valence-electron chi connectivity index (χ1n) is 16.3. The summed E-state index contributed by atoms with van der Waals surface area (Å²) in [6.07, 6.45) is 1.49. The summed E-state index contributed by atoms with van der Waals surface area (Å²) in [4.78, 5) is 66.7. The highest BCUT2D eigenvalue weighted by Crippen LogP contribution is 2.35. The Balaban J connectivity index is 1.30. The Morgan fingerprint density at radius 1 is 0.741 bits per heavy atom. The van der Waals surface area contributed by atoms with Gasteiger partial charge in [0.25, 0.3) is 17.7 Å². The highest BCUT2D eigenvalue weighted by atomic mass is 32.2. The number of nitrogens with one attached hydrogen (secondary N) is 4. The Hall–Kier alpha value is -6.38. The maximum atomic E-state index is 13.7. The summed E-state index contributed by atoms with van der Waals surface area (Å²) in [5.74, 6) is -1.74. The van der Waals surface area contributed by atoms with Gasteiger partial charge in [0.2, 0.25) is 5.91 Å².